The van der Waals surface area contributed by atoms with Crippen LogP contribution in [0, 0.1) is 11.8 Å². The van der Waals surface area contributed by atoms with Gasteiger partial charge in [0.2, 0.25) is 0 Å². The number of benzene rings is 2. The van der Waals surface area contributed by atoms with Crippen molar-refractivity contribution in [3.8, 4) is 0 Å². The number of likely N-dealkylation sites (tertiary alicyclic amines) is 1. The number of rotatable bonds is 8. The van der Waals surface area contributed by atoms with Gasteiger partial charge in [0.1, 0.15) is 5.82 Å². The number of imidazole rings is 1. The lowest BCUT2D eigenvalue weighted by atomic mass is 9.81. The molecule has 0 amide bonds. The monoisotopic (exact) mass is 405 g/mol. The average Bonchev–Trinajstić information content (AvgIpc) is 3.06. The maximum Gasteiger partial charge on any atom is 0.303 e. The molecule has 1 fully saturated rings. The van der Waals surface area contributed by atoms with Crippen LogP contribution in [-0.2, 0) is 24.7 Å². The second kappa shape index (κ2) is 9.43. The van der Waals surface area contributed by atoms with E-state index in [-0.39, 0.29) is 12.3 Å². The number of carboxylic acid groups (broad SMARTS) is 1. The molecule has 0 aliphatic carbocycles. The van der Waals surface area contributed by atoms with Crippen molar-refractivity contribution in [2.75, 3.05) is 19.6 Å². The zero-order valence-electron chi connectivity index (χ0n) is 17.7. The first-order chi connectivity index (χ1) is 14.6. The van der Waals surface area contributed by atoms with Crippen molar-refractivity contribution in [1.82, 2.24) is 14.5 Å². The Labute approximate surface area is 178 Å². The minimum atomic E-state index is -0.687. The summed E-state index contributed by atoms with van der Waals surface area (Å²) in [6.07, 6.45) is 4.26. The summed E-state index contributed by atoms with van der Waals surface area (Å²) in [7, 11) is 2.07. The molecule has 2 unspecified atom stereocenters. The summed E-state index contributed by atoms with van der Waals surface area (Å²) in [5.41, 5.74) is 3.53. The summed E-state index contributed by atoms with van der Waals surface area (Å²) in [5.74, 6) is 0.907. The molecule has 0 bridgehead atoms. The van der Waals surface area contributed by atoms with E-state index >= 15 is 0 Å². The van der Waals surface area contributed by atoms with E-state index in [4.69, 9.17) is 4.98 Å². The Morgan fingerprint density at radius 2 is 1.87 bits per heavy atom. The van der Waals surface area contributed by atoms with Crippen LogP contribution < -0.4 is 0 Å². The number of nitrogens with zero attached hydrogens (tertiary/aromatic N) is 3. The van der Waals surface area contributed by atoms with Crippen molar-refractivity contribution in [2.24, 2.45) is 18.9 Å². The third-order valence-corrected chi connectivity index (χ3v) is 6.52. The van der Waals surface area contributed by atoms with Gasteiger partial charge in [-0.2, -0.15) is 0 Å². The lowest BCUT2D eigenvalue weighted by Crippen LogP contribution is -2.42. The summed E-state index contributed by atoms with van der Waals surface area (Å²) in [6, 6.07) is 18.8. The van der Waals surface area contributed by atoms with Crippen molar-refractivity contribution in [3.63, 3.8) is 0 Å². The number of aliphatic carboxylic acids is 1. The normalized spacial score (nSPS) is 19.9. The van der Waals surface area contributed by atoms with E-state index in [0.717, 1.165) is 62.2 Å². The van der Waals surface area contributed by atoms with Crippen LogP contribution in [0.2, 0.25) is 0 Å². The number of carbonyl (C=O) groups is 1. The van der Waals surface area contributed by atoms with Crippen LogP contribution in [0.15, 0.2) is 54.6 Å². The van der Waals surface area contributed by atoms with Gasteiger partial charge in [0, 0.05) is 26.4 Å². The van der Waals surface area contributed by atoms with E-state index in [1.165, 1.54) is 5.56 Å². The van der Waals surface area contributed by atoms with Crippen LogP contribution in [-0.4, -0.2) is 45.2 Å². The van der Waals surface area contributed by atoms with Gasteiger partial charge in [0.15, 0.2) is 0 Å². The smallest absolute Gasteiger partial charge is 0.303 e. The molecule has 2 aromatic carbocycles. The lowest BCUT2D eigenvalue weighted by molar-refractivity contribution is -0.139. The summed E-state index contributed by atoms with van der Waals surface area (Å²) < 4.78 is 2.17. The van der Waals surface area contributed by atoms with Crippen LogP contribution in [0.4, 0.5) is 0 Å². The van der Waals surface area contributed by atoms with Gasteiger partial charge in [-0.25, -0.2) is 4.98 Å². The Bertz CT molecular complexity index is 982. The number of aryl methyl sites for hydroxylation is 2. The fourth-order valence-electron chi connectivity index (χ4n) is 4.85. The van der Waals surface area contributed by atoms with E-state index < -0.39 is 5.97 Å². The zero-order valence-corrected chi connectivity index (χ0v) is 17.7. The van der Waals surface area contributed by atoms with Crippen molar-refractivity contribution in [3.05, 3.63) is 66.0 Å². The van der Waals surface area contributed by atoms with E-state index in [2.05, 4.69) is 52.9 Å². The molecule has 158 valence electrons. The third-order valence-electron chi connectivity index (χ3n) is 6.52. The van der Waals surface area contributed by atoms with Crippen LogP contribution in [0.3, 0.4) is 0 Å². The lowest BCUT2D eigenvalue weighted by Gasteiger charge is -2.38. The van der Waals surface area contributed by atoms with Crippen LogP contribution >= 0.6 is 0 Å². The molecule has 0 saturated carbocycles. The molecule has 5 nitrogen and oxygen atoms in total. The molecule has 2 heterocycles. The number of fused-ring (bicyclic) bond motifs is 1. The first kappa shape index (κ1) is 20.6. The molecule has 3 aromatic rings. The number of hydrogen-bond donors (Lipinski definition) is 1. The number of hydrogen-bond acceptors (Lipinski definition) is 3. The van der Waals surface area contributed by atoms with E-state index in [9.17, 15) is 9.90 Å². The van der Waals surface area contributed by atoms with Gasteiger partial charge in [0.25, 0.3) is 0 Å². The highest BCUT2D eigenvalue weighted by Gasteiger charge is 2.31. The number of carboxylic acids is 1. The first-order valence-electron chi connectivity index (χ1n) is 11.0. The number of piperidine rings is 1. The maximum atomic E-state index is 11.4. The summed E-state index contributed by atoms with van der Waals surface area (Å²) in [6.45, 7) is 3.01. The molecular weight excluding hydrogens is 374 g/mol. The van der Waals surface area contributed by atoms with Crippen molar-refractivity contribution >= 4 is 17.0 Å². The maximum absolute atomic E-state index is 11.4. The fourth-order valence-corrected chi connectivity index (χ4v) is 4.85. The van der Waals surface area contributed by atoms with Gasteiger partial charge >= 0.3 is 5.97 Å². The van der Waals surface area contributed by atoms with Gasteiger partial charge < -0.3 is 14.6 Å². The van der Waals surface area contributed by atoms with Crippen LogP contribution in [0.1, 0.15) is 30.7 Å². The number of aromatic nitrogens is 2. The van der Waals surface area contributed by atoms with Crippen molar-refractivity contribution in [1.29, 1.82) is 0 Å². The molecule has 1 aromatic heterocycles. The molecule has 1 aliphatic rings. The Balaban J connectivity index is 1.42. The Morgan fingerprint density at radius 1 is 1.10 bits per heavy atom. The van der Waals surface area contributed by atoms with Crippen LogP contribution in [0.5, 0.6) is 0 Å². The predicted octanol–water partition coefficient (Wildman–Crippen LogP) is 4.16. The second-order valence-electron chi connectivity index (χ2n) is 8.58. The van der Waals surface area contributed by atoms with E-state index in [0.29, 0.717) is 5.92 Å². The molecule has 0 spiro atoms. The van der Waals surface area contributed by atoms with Crippen molar-refractivity contribution < 1.29 is 9.90 Å². The topological polar surface area (TPSA) is 58.4 Å². The molecule has 30 heavy (non-hydrogen) atoms. The molecule has 1 saturated heterocycles. The molecule has 5 heteroatoms. The average molecular weight is 406 g/mol. The zero-order chi connectivity index (χ0) is 20.9. The fraction of sp³-hybridized carbons (Fsp3) is 0.440. The highest BCUT2D eigenvalue weighted by Crippen LogP contribution is 2.30. The Morgan fingerprint density at radius 3 is 2.63 bits per heavy atom. The van der Waals surface area contributed by atoms with Crippen LogP contribution in [0.25, 0.3) is 11.0 Å². The first-order valence-corrected chi connectivity index (χ1v) is 11.0. The standard InChI is InChI=1S/C25H31N3O2/c1-27-23-12-6-5-11-22(23)26-24(27)16-21-18-28(15-13-20(21)17-25(29)30)14-7-10-19-8-3-2-4-9-19/h2-6,8-9,11-12,20-21H,7,10,13-18H2,1H3,(H,29,30). The summed E-state index contributed by atoms with van der Waals surface area (Å²) in [5, 5.41) is 9.42. The minimum Gasteiger partial charge on any atom is -0.481 e. The molecule has 4 rings (SSSR count). The van der Waals surface area contributed by atoms with Gasteiger partial charge in [-0.15, -0.1) is 0 Å². The Kier molecular flexibility index (Phi) is 6.48. The van der Waals surface area contributed by atoms with E-state index in [1.54, 1.807) is 0 Å². The van der Waals surface area contributed by atoms with Gasteiger partial charge in [-0.3, -0.25) is 4.79 Å². The molecular formula is C25H31N3O2. The second-order valence-corrected chi connectivity index (χ2v) is 8.58. The third kappa shape index (κ3) is 4.90. The van der Waals surface area contributed by atoms with E-state index in [1.807, 2.05) is 18.2 Å². The SMILES string of the molecule is Cn1c(CC2CN(CCCc3ccccc3)CCC2CC(=O)O)nc2ccccc21. The molecule has 0 radical (unpaired) electrons. The van der Waals surface area contributed by atoms with Crippen molar-refractivity contribution in [2.45, 2.75) is 32.1 Å². The van der Waals surface area contributed by atoms with Gasteiger partial charge in [-0.05, 0) is 61.9 Å². The highest BCUT2D eigenvalue weighted by molar-refractivity contribution is 5.75. The van der Waals surface area contributed by atoms with Gasteiger partial charge in [0.05, 0.1) is 11.0 Å². The highest BCUT2D eigenvalue weighted by atomic mass is 16.4. The molecule has 1 aliphatic heterocycles. The quantitative estimate of drug-likeness (QED) is 0.611. The predicted molar refractivity (Wildman–Crippen MR) is 119 cm³/mol. The van der Waals surface area contributed by atoms with Gasteiger partial charge in [-0.1, -0.05) is 42.5 Å². The summed E-state index contributed by atoms with van der Waals surface area (Å²) >= 11 is 0. The minimum absolute atomic E-state index is 0.215. The number of para-hydroxylation sites is 2. The largest absolute Gasteiger partial charge is 0.481 e. The Hall–Kier alpha value is -2.66. The molecule has 2 atom stereocenters. The summed E-state index contributed by atoms with van der Waals surface area (Å²) in [4.78, 5) is 18.8. The molecule has 1 N–H and O–H groups in total.